The number of hydrogen-bond donors (Lipinski definition) is 1. The molecule has 1 heterocycles. The van der Waals surface area contributed by atoms with E-state index in [1.807, 2.05) is 31.2 Å². The molecule has 0 radical (unpaired) electrons. The molecule has 1 N–H and O–H groups in total. The third kappa shape index (κ3) is 3.09. The van der Waals surface area contributed by atoms with Crippen LogP contribution < -0.4 is 5.32 Å². The fourth-order valence-electron chi connectivity index (χ4n) is 1.48. The summed E-state index contributed by atoms with van der Waals surface area (Å²) in [5.74, 6) is 0.672. The van der Waals surface area contributed by atoms with Crippen LogP contribution in [0.4, 0.5) is 0 Å². The van der Waals surface area contributed by atoms with Crippen molar-refractivity contribution in [3.8, 4) is 0 Å². The molecule has 2 rings (SSSR count). The van der Waals surface area contributed by atoms with E-state index in [0.29, 0.717) is 12.1 Å². The number of benzene rings is 1. The number of furan rings is 1. The molecule has 0 fully saturated rings. The van der Waals surface area contributed by atoms with E-state index in [4.69, 9.17) is 4.42 Å². The molecular formula is C13H12INO2. The summed E-state index contributed by atoms with van der Waals surface area (Å²) in [7, 11) is 0. The zero-order valence-electron chi connectivity index (χ0n) is 9.37. The minimum Gasteiger partial charge on any atom is -0.467 e. The highest BCUT2D eigenvalue weighted by Gasteiger charge is 2.09. The predicted octanol–water partition coefficient (Wildman–Crippen LogP) is 3.12. The normalized spacial score (nSPS) is 10.2. The summed E-state index contributed by atoms with van der Waals surface area (Å²) in [4.78, 5) is 11.9. The van der Waals surface area contributed by atoms with E-state index in [-0.39, 0.29) is 5.91 Å². The second-order valence-corrected chi connectivity index (χ2v) is 4.91. The lowest BCUT2D eigenvalue weighted by Gasteiger charge is -2.06. The van der Waals surface area contributed by atoms with Gasteiger partial charge in [0.2, 0.25) is 0 Å². The van der Waals surface area contributed by atoms with Crippen molar-refractivity contribution < 1.29 is 9.21 Å². The molecule has 0 aliphatic rings. The SMILES string of the molecule is Cc1ccc(C(=O)NCc2ccco2)c(I)c1. The summed E-state index contributed by atoms with van der Waals surface area (Å²) >= 11 is 2.17. The zero-order valence-corrected chi connectivity index (χ0v) is 11.5. The second-order valence-electron chi connectivity index (χ2n) is 3.75. The van der Waals surface area contributed by atoms with Gasteiger partial charge in [-0.25, -0.2) is 0 Å². The lowest BCUT2D eigenvalue weighted by Crippen LogP contribution is -2.23. The van der Waals surface area contributed by atoms with E-state index in [1.54, 1.807) is 12.3 Å². The van der Waals surface area contributed by atoms with Gasteiger partial charge < -0.3 is 9.73 Å². The number of halogens is 1. The summed E-state index contributed by atoms with van der Waals surface area (Å²) in [6, 6.07) is 9.40. The van der Waals surface area contributed by atoms with Gasteiger partial charge in [-0.1, -0.05) is 11.6 Å². The van der Waals surface area contributed by atoms with Crippen LogP contribution in [0.3, 0.4) is 0 Å². The summed E-state index contributed by atoms with van der Waals surface area (Å²) in [6.45, 7) is 2.42. The van der Waals surface area contributed by atoms with Gasteiger partial charge in [0, 0.05) is 3.57 Å². The quantitative estimate of drug-likeness (QED) is 0.872. The van der Waals surface area contributed by atoms with Crippen molar-refractivity contribution in [3.63, 3.8) is 0 Å². The van der Waals surface area contributed by atoms with Gasteiger partial charge >= 0.3 is 0 Å². The van der Waals surface area contributed by atoms with Crippen molar-refractivity contribution in [1.29, 1.82) is 0 Å². The highest BCUT2D eigenvalue weighted by atomic mass is 127. The van der Waals surface area contributed by atoms with Crippen LogP contribution in [0.2, 0.25) is 0 Å². The Morgan fingerprint density at radius 3 is 2.88 bits per heavy atom. The molecule has 2 aromatic rings. The number of aryl methyl sites for hydroxylation is 1. The third-order valence-electron chi connectivity index (χ3n) is 2.37. The lowest BCUT2D eigenvalue weighted by molar-refractivity contribution is 0.0947. The molecule has 1 aromatic carbocycles. The molecular weight excluding hydrogens is 329 g/mol. The zero-order chi connectivity index (χ0) is 12.3. The molecule has 0 aliphatic carbocycles. The van der Waals surface area contributed by atoms with Crippen molar-refractivity contribution in [2.45, 2.75) is 13.5 Å². The average molecular weight is 341 g/mol. The van der Waals surface area contributed by atoms with Gasteiger partial charge in [0.15, 0.2) is 0 Å². The van der Waals surface area contributed by atoms with E-state index in [2.05, 4.69) is 27.9 Å². The van der Waals surface area contributed by atoms with E-state index < -0.39 is 0 Å². The summed E-state index contributed by atoms with van der Waals surface area (Å²) in [5.41, 5.74) is 1.85. The molecule has 3 nitrogen and oxygen atoms in total. The molecule has 0 saturated heterocycles. The number of amides is 1. The van der Waals surface area contributed by atoms with Crippen molar-refractivity contribution in [2.75, 3.05) is 0 Å². The standard InChI is InChI=1S/C13H12INO2/c1-9-4-5-11(12(14)7-9)13(16)15-8-10-3-2-6-17-10/h2-7H,8H2,1H3,(H,15,16). The Bertz CT molecular complexity index is 520. The topological polar surface area (TPSA) is 42.2 Å². The maximum Gasteiger partial charge on any atom is 0.252 e. The Morgan fingerprint density at radius 2 is 2.24 bits per heavy atom. The molecule has 0 bridgehead atoms. The lowest BCUT2D eigenvalue weighted by atomic mass is 10.1. The van der Waals surface area contributed by atoms with Crippen LogP contribution in [0.15, 0.2) is 41.0 Å². The van der Waals surface area contributed by atoms with E-state index in [9.17, 15) is 4.79 Å². The smallest absolute Gasteiger partial charge is 0.252 e. The van der Waals surface area contributed by atoms with Gasteiger partial charge in [-0.05, 0) is 53.8 Å². The van der Waals surface area contributed by atoms with Gasteiger partial charge in [-0.2, -0.15) is 0 Å². The van der Waals surface area contributed by atoms with E-state index in [0.717, 1.165) is 14.9 Å². The summed E-state index contributed by atoms with van der Waals surface area (Å²) < 4.78 is 6.11. The van der Waals surface area contributed by atoms with Gasteiger partial charge in [0.1, 0.15) is 5.76 Å². The minimum atomic E-state index is -0.0780. The first-order valence-electron chi connectivity index (χ1n) is 5.23. The largest absolute Gasteiger partial charge is 0.467 e. The Balaban J connectivity index is 2.04. The van der Waals surface area contributed by atoms with Crippen LogP contribution >= 0.6 is 22.6 Å². The van der Waals surface area contributed by atoms with Gasteiger partial charge in [0.05, 0.1) is 18.4 Å². The molecule has 1 amide bonds. The van der Waals surface area contributed by atoms with Crippen LogP contribution in [0.1, 0.15) is 21.7 Å². The number of carbonyl (C=O) groups is 1. The van der Waals surface area contributed by atoms with E-state index >= 15 is 0 Å². The summed E-state index contributed by atoms with van der Waals surface area (Å²) in [6.07, 6.45) is 1.59. The molecule has 17 heavy (non-hydrogen) atoms. The van der Waals surface area contributed by atoms with Crippen LogP contribution in [0, 0.1) is 10.5 Å². The first-order valence-corrected chi connectivity index (χ1v) is 6.31. The van der Waals surface area contributed by atoms with Crippen LogP contribution in [-0.2, 0) is 6.54 Å². The first kappa shape index (κ1) is 12.2. The van der Waals surface area contributed by atoms with Gasteiger partial charge in [-0.15, -0.1) is 0 Å². The van der Waals surface area contributed by atoms with Crippen LogP contribution in [0.5, 0.6) is 0 Å². The Kier molecular flexibility index (Phi) is 3.83. The van der Waals surface area contributed by atoms with Gasteiger partial charge in [0.25, 0.3) is 5.91 Å². The third-order valence-corrected chi connectivity index (χ3v) is 3.26. The van der Waals surface area contributed by atoms with Crippen molar-refractivity contribution >= 4 is 28.5 Å². The predicted molar refractivity (Wildman–Crippen MR) is 73.8 cm³/mol. The fourth-order valence-corrected chi connectivity index (χ4v) is 2.40. The molecule has 0 aliphatic heterocycles. The minimum absolute atomic E-state index is 0.0780. The molecule has 0 unspecified atom stereocenters. The Labute approximate surface area is 113 Å². The van der Waals surface area contributed by atoms with Crippen LogP contribution in [-0.4, -0.2) is 5.91 Å². The molecule has 0 spiro atoms. The summed E-state index contributed by atoms with van der Waals surface area (Å²) in [5, 5.41) is 2.82. The molecule has 0 saturated carbocycles. The van der Waals surface area contributed by atoms with Crippen molar-refractivity contribution in [1.82, 2.24) is 5.32 Å². The van der Waals surface area contributed by atoms with Crippen molar-refractivity contribution in [2.24, 2.45) is 0 Å². The first-order chi connectivity index (χ1) is 8.16. The Morgan fingerprint density at radius 1 is 1.41 bits per heavy atom. The van der Waals surface area contributed by atoms with Crippen LogP contribution in [0.25, 0.3) is 0 Å². The molecule has 88 valence electrons. The highest BCUT2D eigenvalue weighted by Crippen LogP contribution is 2.14. The number of carbonyl (C=O) groups excluding carboxylic acids is 1. The van der Waals surface area contributed by atoms with Gasteiger partial charge in [-0.3, -0.25) is 4.79 Å². The maximum atomic E-state index is 11.9. The van der Waals surface area contributed by atoms with E-state index in [1.165, 1.54) is 0 Å². The van der Waals surface area contributed by atoms with Crippen molar-refractivity contribution in [3.05, 3.63) is 57.1 Å². The number of nitrogens with one attached hydrogen (secondary N) is 1. The number of rotatable bonds is 3. The molecule has 4 heteroatoms. The molecule has 0 atom stereocenters. The molecule has 1 aromatic heterocycles. The monoisotopic (exact) mass is 341 g/mol. The number of hydrogen-bond acceptors (Lipinski definition) is 2. The Hall–Kier alpha value is -1.30. The highest BCUT2D eigenvalue weighted by molar-refractivity contribution is 14.1. The average Bonchev–Trinajstić information content (AvgIpc) is 2.78. The maximum absolute atomic E-state index is 11.9. The fraction of sp³-hybridized carbons (Fsp3) is 0.154. The second kappa shape index (κ2) is 5.35.